The maximum Gasteiger partial charge on any atom is 0.318 e. The molecule has 0 aliphatic carbocycles. The molecule has 4 N–H and O–H groups in total. The van der Waals surface area contributed by atoms with Gasteiger partial charge >= 0.3 is 6.03 Å². The summed E-state index contributed by atoms with van der Waals surface area (Å²) >= 11 is 0. The van der Waals surface area contributed by atoms with Crippen molar-refractivity contribution >= 4 is 17.6 Å². The zero-order valence-electron chi connectivity index (χ0n) is 10.5. The third-order valence-electron chi connectivity index (χ3n) is 2.28. The van der Waals surface area contributed by atoms with Gasteiger partial charge in [0, 0.05) is 17.7 Å². The van der Waals surface area contributed by atoms with Crippen LogP contribution in [0.3, 0.4) is 0 Å². The smallest absolute Gasteiger partial charge is 0.318 e. The number of carbonyl (C=O) groups excluding carboxylic acids is 2. The van der Waals surface area contributed by atoms with E-state index in [1.165, 1.54) is 19.1 Å². The van der Waals surface area contributed by atoms with Gasteiger partial charge in [0.15, 0.2) is 6.61 Å². The number of rotatable bonds is 5. The lowest BCUT2D eigenvalue weighted by Crippen LogP contribution is -2.38. The van der Waals surface area contributed by atoms with E-state index in [9.17, 15) is 24.8 Å². The van der Waals surface area contributed by atoms with Crippen molar-refractivity contribution in [2.24, 2.45) is 5.73 Å². The van der Waals surface area contributed by atoms with Gasteiger partial charge < -0.3 is 15.6 Å². The highest BCUT2D eigenvalue weighted by Crippen LogP contribution is 2.29. The van der Waals surface area contributed by atoms with Crippen molar-refractivity contribution in [2.75, 3.05) is 6.61 Å². The molecule has 108 valence electrons. The Morgan fingerprint density at radius 1 is 1.55 bits per heavy atom. The molecule has 1 rings (SSSR count). The van der Waals surface area contributed by atoms with Crippen LogP contribution in [0, 0.1) is 10.1 Å². The molecule has 0 aromatic heterocycles. The Balaban J connectivity index is 2.86. The number of carbonyl (C=O) groups is 2. The minimum absolute atomic E-state index is 0.102. The molecule has 0 radical (unpaired) electrons. The van der Waals surface area contributed by atoms with Gasteiger partial charge in [0.05, 0.1) is 11.0 Å². The second-order valence-electron chi connectivity index (χ2n) is 3.86. The van der Waals surface area contributed by atoms with E-state index in [2.05, 4.69) is 0 Å². The number of non-ortho nitro benzene ring substituents is 1. The quantitative estimate of drug-likeness (QED) is 0.520. The Morgan fingerprint density at radius 2 is 2.20 bits per heavy atom. The van der Waals surface area contributed by atoms with Gasteiger partial charge in [-0.3, -0.25) is 20.2 Å². The van der Waals surface area contributed by atoms with Crippen LogP contribution in [-0.4, -0.2) is 28.6 Å². The van der Waals surface area contributed by atoms with Crippen molar-refractivity contribution in [3.63, 3.8) is 0 Å². The first-order valence-corrected chi connectivity index (χ1v) is 5.49. The number of nitrogens with two attached hydrogens (primary N) is 1. The molecule has 0 spiro atoms. The molecular weight excluding hydrogens is 270 g/mol. The number of aliphatic hydroxyl groups is 1. The first-order valence-electron chi connectivity index (χ1n) is 5.49. The highest BCUT2D eigenvalue weighted by atomic mass is 16.6. The fourth-order valence-electron chi connectivity index (χ4n) is 1.42. The number of nitro benzene ring substituents is 1. The van der Waals surface area contributed by atoms with Crippen LogP contribution in [0.5, 0.6) is 5.75 Å². The maximum absolute atomic E-state index is 11.2. The van der Waals surface area contributed by atoms with Gasteiger partial charge in [0.2, 0.25) is 0 Å². The summed E-state index contributed by atoms with van der Waals surface area (Å²) in [6.45, 7) is 0.885. The SMILES string of the molecule is C[C@H](O)c1cc([N+](=O)[O-])ccc1OCC(=O)NC(N)=O. The van der Waals surface area contributed by atoms with Crippen LogP contribution in [0.1, 0.15) is 18.6 Å². The molecule has 0 aliphatic rings. The number of nitrogens with one attached hydrogen (secondary N) is 1. The number of hydrogen-bond donors (Lipinski definition) is 3. The molecule has 0 heterocycles. The summed E-state index contributed by atoms with van der Waals surface area (Å²) in [7, 11) is 0. The van der Waals surface area contributed by atoms with E-state index < -0.39 is 29.6 Å². The third-order valence-corrected chi connectivity index (χ3v) is 2.28. The van der Waals surface area contributed by atoms with Crippen molar-refractivity contribution in [2.45, 2.75) is 13.0 Å². The van der Waals surface area contributed by atoms with Gasteiger partial charge in [0.1, 0.15) is 5.75 Å². The molecule has 3 amide bonds. The van der Waals surface area contributed by atoms with E-state index in [1.54, 1.807) is 5.32 Å². The molecular formula is C11H13N3O6. The van der Waals surface area contributed by atoms with E-state index in [4.69, 9.17) is 10.5 Å². The lowest BCUT2D eigenvalue weighted by Gasteiger charge is -2.12. The van der Waals surface area contributed by atoms with Gasteiger partial charge in [-0.25, -0.2) is 4.79 Å². The lowest BCUT2D eigenvalue weighted by atomic mass is 10.1. The largest absolute Gasteiger partial charge is 0.483 e. The predicted octanol–water partition coefficient (Wildman–Crippen LogP) is 0.222. The molecule has 0 bridgehead atoms. The molecule has 0 saturated heterocycles. The van der Waals surface area contributed by atoms with Crippen LogP contribution in [0.4, 0.5) is 10.5 Å². The fraction of sp³-hybridized carbons (Fsp3) is 0.273. The minimum Gasteiger partial charge on any atom is -0.483 e. The second-order valence-corrected chi connectivity index (χ2v) is 3.86. The predicted molar refractivity (Wildman–Crippen MR) is 67.0 cm³/mol. The lowest BCUT2D eigenvalue weighted by molar-refractivity contribution is -0.385. The molecule has 0 aliphatic heterocycles. The monoisotopic (exact) mass is 283 g/mol. The van der Waals surface area contributed by atoms with E-state index >= 15 is 0 Å². The van der Waals surface area contributed by atoms with Crippen LogP contribution < -0.4 is 15.8 Å². The van der Waals surface area contributed by atoms with Crippen LogP contribution in [0.25, 0.3) is 0 Å². The second kappa shape index (κ2) is 6.48. The zero-order valence-corrected chi connectivity index (χ0v) is 10.5. The van der Waals surface area contributed by atoms with E-state index in [1.807, 2.05) is 0 Å². The van der Waals surface area contributed by atoms with Gasteiger partial charge in [0.25, 0.3) is 11.6 Å². The highest BCUT2D eigenvalue weighted by Gasteiger charge is 2.16. The van der Waals surface area contributed by atoms with E-state index in [0.29, 0.717) is 0 Å². The Bertz CT molecular complexity index is 543. The molecule has 9 heteroatoms. The molecule has 1 aromatic rings. The number of urea groups is 1. The van der Waals surface area contributed by atoms with Crippen molar-refractivity contribution in [1.29, 1.82) is 0 Å². The third kappa shape index (κ3) is 4.21. The van der Waals surface area contributed by atoms with E-state index in [-0.39, 0.29) is 17.0 Å². The molecule has 1 aromatic carbocycles. The Hall–Kier alpha value is -2.68. The van der Waals surface area contributed by atoms with Crippen molar-refractivity contribution < 1.29 is 24.4 Å². The van der Waals surface area contributed by atoms with Crippen molar-refractivity contribution in [1.82, 2.24) is 5.32 Å². The standard InChI is InChI=1S/C11H13N3O6/c1-6(15)8-4-7(14(18)19)2-3-9(8)20-5-10(16)13-11(12)17/h2-4,6,15H,5H2,1H3,(H3,12,13,16,17)/t6-/m0/s1. The molecule has 0 unspecified atom stereocenters. The topological polar surface area (TPSA) is 145 Å². The van der Waals surface area contributed by atoms with Crippen molar-refractivity contribution in [3.8, 4) is 5.75 Å². The zero-order chi connectivity index (χ0) is 15.3. The van der Waals surface area contributed by atoms with Gasteiger partial charge in [-0.1, -0.05) is 0 Å². The molecule has 1 atom stereocenters. The first-order chi connectivity index (χ1) is 9.31. The maximum atomic E-state index is 11.2. The van der Waals surface area contributed by atoms with Crippen molar-refractivity contribution in [3.05, 3.63) is 33.9 Å². The number of nitrogens with zero attached hydrogens (tertiary/aromatic N) is 1. The minimum atomic E-state index is -1.02. The summed E-state index contributed by atoms with van der Waals surface area (Å²) in [6, 6.07) is 2.56. The molecule has 20 heavy (non-hydrogen) atoms. The summed E-state index contributed by atoms with van der Waals surface area (Å²) in [4.78, 5) is 31.6. The number of amides is 3. The number of imide groups is 1. The first kappa shape index (κ1) is 15.4. The van der Waals surface area contributed by atoms with Crippen LogP contribution in [0.2, 0.25) is 0 Å². The summed E-state index contributed by atoms with van der Waals surface area (Å²) < 4.78 is 5.09. The van der Waals surface area contributed by atoms with Crippen LogP contribution in [0.15, 0.2) is 18.2 Å². The fourth-order valence-corrected chi connectivity index (χ4v) is 1.42. The average Bonchev–Trinajstić information content (AvgIpc) is 2.35. The Kier molecular flexibility index (Phi) is 4.98. The van der Waals surface area contributed by atoms with Crippen LogP contribution in [-0.2, 0) is 4.79 Å². The summed E-state index contributed by atoms with van der Waals surface area (Å²) in [5.74, 6) is -0.669. The van der Waals surface area contributed by atoms with Gasteiger partial charge in [-0.05, 0) is 13.0 Å². The summed E-state index contributed by atoms with van der Waals surface area (Å²) in [5.41, 5.74) is 4.70. The number of primary amides is 1. The molecule has 0 fully saturated rings. The highest BCUT2D eigenvalue weighted by molar-refractivity contribution is 5.94. The number of ether oxygens (including phenoxy) is 1. The van der Waals surface area contributed by atoms with Gasteiger partial charge in [-0.2, -0.15) is 0 Å². The van der Waals surface area contributed by atoms with Crippen LogP contribution >= 0.6 is 0 Å². The number of nitro groups is 1. The average molecular weight is 283 g/mol. The number of aliphatic hydroxyl groups excluding tert-OH is 1. The van der Waals surface area contributed by atoms with E-state index in [0.717, 1.165) is 6.07 Å². The summed E-state index contributed by atoms with van der Waals surface area (Å²) in [6.07, 6.45) is -1.02. The Morgan fingerprint density at radius 3 is 2.70 bits per heavy atom. The summed E-state index contributed by atoms with van der Waals surface area (Å²) in [5, 5.41) is 22.0. The van der Waals surface area contributed by atoms with Gasteiger partial charge in [-0.15, -0.1) is 0 Å². The molecule has 0 saturated carbocycles. The number of hydrogen-bond acceptors (Lipinski definition) is 6. The number of benzene rings is 1. The normalized spacial score (nSPS) is 11.5. The molecule has 9 nitrogen and oxygen atoms in total. The Labute approximate surface area is 113 Å².